The first-order chi connectivity index (χ1) is 16.6. The lowest BCUT2D eigenvalue weighted by Crippen LogP contribution is -2.51. The van der Waals surface area contributed by atoms with Crippen LogP contribution in [0.3, 0.4) is 0 Å². The van der Waals surface area contributed by atoms with Gasteiger partial charge in [-0.15, -0.1) is 0 Å². The number of carbonyl (C=O) groups is 4. The SMILES string of the molecule is COc1cc(OC)c2c(C)c(CC(=O)NC(CSC)C(=O)NCC(=O)NCC(=O)O)c(=O)oc2c1. The molecule has 2 aromatic rings. The highest BCUT2D eigenvalue weighted by Crippen LogP contribution is 2.33. The average molecular weight is 510 g/mol. The van der Waals surface area contributed by atoms with Crippen molar-refractivity contribution in [1.82, 2.24) is 16.0 Å². The fourth-order valence-electron chi connectivity index (χ4n) is 3.25. The van der Waals surface area contributed by atoms with Crippen LogP contribution in [0.4, 0.5) is 0 Å². The van der Waals surface area contributed by atoms with Crippen molar-refractivity contribution >= 4 is 46.4 Å². The van der Waals surface area contributed by atoms with E-state index in [-0.39, 0.29) is 23.3 Å². The molecule has 0 radical (unpaired) electrons. The summed E-state index contributed by atoms with van der Waals surface area (Å²) in [5, 5.41) is 16.1. The second-order valence-electron chi connectivity index (χ2n) is 7.34. The number of rotatable bonds is 12. The molecule has 1 heterocycles. The summed E-state index contributed by atoms with van der Waals surface area (Å²) in [6.45, 7) is 0.632. The van der Waals surface area contributed by atoms with Crippen LogP contribution in [0, 0.1) is 6.92 Å². The van der Waals surface area contributed by atoms with E-state index in [1.54, 1.807) is 25.3 Å². The Hall–Kier alpha value is -3.74. The summed E-state index contributed by atoms with van der Waals surface area (Å²) >= 11 is 1.29. The van der Waals surface area contributed by atoms with Crippen LogP contribution in [0.15, 0.2) is 21.3 Å². The Morgan fingerprint density at radius 2 is 1.80 bits per heavy atom. The van der Waals surface area contributed by atoms with Gasteiger partial charge in [0, 0.05) is 17.9 Å². The van der Waals surface area contributed by atoms with E-state index in [4.69, 9.17) is 19.0 Å². The number of aliphatic carboxylic acids is 1. The first-order valence-corrected chi connectivity index (χ1v) is 11.7. The number of fused-ring (bicyclic) bond motifs is 1. The molecular weight excluding hydrogens is 482 g/mol. The zero-order valence-electron chi connectivity index (χ0n) is 19.7. The number of thioether (sulfide) groups is 1. The Morgan fingerprint density at radius 1 is 1.09 bits per heavy atom. The van der Waals surface area contributed by atoms with E-state index in [1.165, 1.54) is 26.0 Å². The zero-order valence-corrected chi connectivity index (χ0v) is 20.5. The molecule has 2 rings (SSSR count). The smallest absolute Gasteiger partial charge is 0.340 e. The standard InChI is InChI=1S/C22H27N3O9S/c1-11-13(22(31)34-16-6-12(32-2)5-15(33-3)20(11)16)7-17(26)25-14(10-35-4)21(30)24-8-18(27)23-9-19(28)29/h5-6,14H,7-10H2,1-4H3,(H,23,27)(H,24,30)(H,25,26)(H,28,29). The van der Waals surface area contributed by atoms with Gasteiger partial charge in [0.2, 0.25) is 17.7 Å². The highest BCUT2D eigenvalue weighted by Gasteiger charge is 2.23. The van der Waals surface area contributed by atoms with Gasteiger partial charge in [-0.3, -0.25) is 19.2 Å². The maximum atomic E-state index is 12.7. The molecule has 1 aromatic heterocycles. The molecule has 0 aliphatic rings. The van der Waals surface area contributed by atoms with E-state index in [0.717, 1.165) is 0 Å². The van der Waals surface area contributed by atoms with Crippen molar-refractivity contribution in [3.63, 3.8) is 0 Å². The van der Waals surface area contributed by atoms with Crippen molar-refractivity contribution in [2.75, 3.05) is 39.3 Å². The number of carboxylic acids is 1. The minimum atomic E-state index is -1.22. The molecule has 1 unspecified atom stereocenters. The summed E-state index contributed by atoms with van der Waals surface area (Å²) in [7, 11) is 2.92. The Morgan fingerprint density at radius 3 is 2.40 bits per heavy atom. The summed E-state index contributed by atoms with van der Waals surface area (Å²) in [4.78, 5) is 60.0. The molecule has 3 amide bonds. The number of benzene rings is 1. The largest absolute Gasteiger partial charge is 0.496 e. The number of ether oxygens (including phenoxy) is 2. The maximum absolute atomic E-state index is 12.7. The molecule has 0 aliphatic carbocycles. The second-order valence-corrected chi connectivity index (χ2v) is 8.25. The van der Waals surface area contributed by atoms with Gasteiger partial charge in [-0.25, -0.2) is 4.79 Å². The fourth-order valence-corrected chi connectivity index (χ4v) is 3.82. The molecule has 190 valence electrons. The van der Waals surface area contributed by atoms with Crippen LogP contribution in [-0.4, -0.2) is 74.2 Å². The molecule has 35 heavy (non-hydrogen) atoms. The van der Waals surface area contributed by atoms with Gasteiger partial charge in [0.25, 0.3) is 0 Å². The van der Waals surface area contributed by atoms with Crippen LogP contribution >= 0.6 is 11.8 Å². The predicted octanol–water partition coefficient (Wildman–Crippen LogP) is -0.174. The van der Waals surface area contributed by atoms with Gasteiger partial charge in [0.05, 0.1) is 38.1 Å². The minimum absolute atomic E-state index is 0.106. The van der Waals surface area contributed by atoms with Crippen molar-refractivity contribution in [2.24, 2.45) is 0 Å². The molecule has 1 aromatic carbocycles. The van der Waals surface area contributed by atoms with E-state index < -0.39 is 48.4 Å². The van der Waals surface area contributed by atoms with Gasteiger partial charge in [-0.05, 0) is 18.7 Å². The molecule has 13 heteroatoms. The van der Waals surface area contributed by atoms with Crippen LogP contribution < -0.4 is 31.0 Å². The lowest BCUT2D eigenvalue weighted by molar-refractivity contribution is -0.138. The Kier molecular flexibility index (Phi) is 9.94. The molecular formula is C22H27N3O9S. The number of carbonyl (C=O) groups excluding carboxylic acids is 3. The number of aryl methyl sites for hydroxylation is 1. The summed E-state index contributed by atoms with van der Waals surface area (Å²) < 4.78 is 16.0. The molecule has 0 saturated heterocycles. The Balaban J connectivity index is 2.17. The summed E-state index contributed by atoms with van der Waals surface area (Å²) in [5.41, 5.74) is 0.136. The number of hydrogen-bond donors (Lipinski definition) is 4. The maximum Gasteiger partial charge on any atom is 0.340 e. The van der Waals surface area contributed by atoms with Gasteiger partial charge in [0.15, 0.2) is 0 Å². The first-order valence-electron chi connectivity index (χ1n) is 10.3. The third-order valence-electron chi connectivity index (χ3n) is 4.95. The number of hydrogen-bond acceptors (Lipinski definition) is 9. The van der Waals surface area contributed by atoms with Gasteiger partial charge in [-0.1, -0.05) is 0 Å². The number of carboxylic acid groups (broad SMARTS) is 1. The molecule has 0 aliphatic heterocycles. The summed E-state index contributed by atoms with van der Waals surface area (Å²) in [6.07, 6.45) is 1.38. The first kappa shape index (κ1) is 27.5. The molecule has 0 bridgehead atoms. The van der Waals surface area contributed by atoms with Gasteiger partial charge in [0.1, 0.15) is 29.7 Å². The molecule has 4 N–H and O–H groups in total. The van der Waals surface area contributed by atoms with E-state index >= 15 is 0 Å². The van der Waals surface area contributed by atoms with Crippen LogP contribution in [0.25, 0.3) is 11.0 Å². The van der Waals surface area contributed by atoms with Crippen molar-refractivity contribution in [3.8, 4) is 11.5 Å². The summed E-state index contributed by atoms with van der Waals surface area (Å²) in [6, 6.07) is 2.18. The summed E-state index contributed by atoms with van der Waals surface area (Å²) in [5.74, 6) is -2.10. The van der Waals surface area contributed by atoms with Crippen LogP contribution in [0.1, 0.15) is 11.1 Å². The fraction of sp³-hybridized carbons (Fsp3) is 0.409. The Bertz CT molecular complexity index is 1180. The van der Waals surface area contributed by atoms with Crippen molar-refractivity contribution < 1.29 is 38.2 Å². The highest BCUT2D eigenvalue weighted by atomic mass is 32.2. The average Bonchev–Trinajstić information content (AvgIpc) is 2.82. The molecule has 12 nitrogen and oxygen atoms in total. The van der Waals surface area contributed by atoms with Gasteiger partial charge < -0.3 is 34.9 Å². The van der Waals surface area contributed by atoms with E-state index in [2.05, 4.69) is 16.0 Å². The number of nitrogens with one attached hydrogen (secondary N) is 3. The highest BCUT2D eigenvalue weighted by molar-refractivity contribution is 7.98. The third-order valence-corrected chi connectivity index (χ3v) is 5.62. The van der Waals surface area contributed by atoms with Crippen molar-refractivity contribution in [1.29, 1.82) is 0 Å². The van der Waals surface area contributed by atoms with Gasteiger partial charge in [-0.2, -0.15) is 11.8 Å². The van der Waals surface area contributed by atoms with E-state index in [0.29, 0.717) is 22.4 Å². The second kappa shape index (κ2) is 12.6. The third kappa shape index (κ3) is 7.37. The van der Waals surface area contributed by atoms with Crippen LogP contribution in [0.5, 0.6) is 11.5 Å². The van der Waals surface area contributed by atoms with Gasteiger partial charge >= 0.3 is 11.6 Å². The lowest BCUT2D eigenvalue weighted by Gasteiger charge is -2.18. The van der Waals surface area contributed by atoms with Crippen LogP contribution in [0.2, 0.25) is 0 Å². The zero-order chi connectivity index (χ0) is 26.1. The molecule has 0 fully saturated rings. The molecule has 1 atom stereocenters. The quantitative estimate of drug-likeness (QED) is 0.281. The number of amides is 3. The monoisotopic (exact) mass is 509 g/mol. The molecule has 0 spiro atoms. The Labute approximate surface area is 204 Å². The topological polar surface area (TPSA) is 173 Å². The van der Waals surface area contributed by atoms with E-state index in [1.807, 2.05) is 0 Å². The van der Waals surface area contributed by atoms with Crippen molar-refractivity contribution in [3.05, 3.63) is 33.7 Å². The minimum Gasteiger partial charge on any atom is -0.496 e. The lowest BCUT2D eigenvalue weighted by atomic mass is 10.0. The normalized spacial score (nSPS) is 11.4. The molecule has 0 saturated carbocycles. The van der Waals surface area contributed by atoms with E-state index in [9.17, 15) is 24.0 Å². The van der Waals surface area contributed by atoms with Crippen LogP contribution in [-0.2, 0) is 25.6 Å². The predicted molar refractivity (Wildman–Crippen MR) is 128 cm³/mol. The van der Waals surface area contributed by atoms with Crippen molar-refractivity contribution in [2.45, 2.75) is 19.4 Å². The number of methoxy groups -OCH3 is 2.